The number of benzene rings is 1. The molecular formula is C14H21N3O3. The van der Waals surface area contributed by atoms with Crippen molar-refractivity contribution in [2.75, 3.05) is 30.7 Å². The molecule has 6 heteroatoms. The maximum atomic E-state index is 11.7. The first kappa shape index (κ1) is 15.8. The van der Waals surface area contributed by atoms with E-state index in [1.165, 1.54) is 0 Å². The summed E-state index contributed by atoms with van der Waals surface area (Å²) in [5.74, 6) is -0.475. The molecule has 1 amide bonds. The molecule has 0 saturated heterocycles. The molecule has 0 fully saturated rings. The van der Waals surface area contributed by atoms with Crippen LogP contribution < -0.4 is 16.4 Å². The van der Waals surface area contributed by atoms with Gasteiger partial charge in [-0.05, 0) is 26.0 Å². The first-order valence-electron chi connectivity index (χ1n) is 6.66. The molecule has 0 aliphatic carbocycles. The Balaban J connectivity index is 2.65. The van der Waals surface area contributed by atoms with E-state index >= 15 is 0 Å². The normalized spacial score (nSPS) is 9.90. The number of carbonyl (C=O) groups is 2. The van der Waals surface area contributed by atoms with Crippen molar-refractivity contribution in [1.29, 1.82) is 0 Å². The lowest BCUT2D eigenvalue weighted by Gasteiger charge is -2.12. The zero-order chi connectivity index (χ0) is 15.0. The van der Waals surface area contributed by atoms with Crippen LogP contribution >= 0.6 is 0 Å². The lowest BCUT2D eigenvalue weighted by atomic mass is 10.1. The predicted octanol–water partition coefficient (Wildman–Crippen LogP) is 1.38. The second-order valence-corrected chi connectivity index (χ2v) is 4.12. The number of anilines is 2. The van der Waals surface area contributed by atoms with Gasteiger partial charge in [-0.15, -0.1) is 0 Å². The molecule has 6 nitrogen and oxygen atoms in total. The van der Waals surface area contributed by atoms with Crippen LogP contribution in [0.2, 0.25) is 0 Å². The van der Waals surface area contributed by atoms with Crippen molar-refractivity contribution >= 4 is 23.3 Å². The lowest BCUT2D eigenvalue weighted by molar-refractivity contribution is -0.120. The van der Waals surface area contributed by atoms with Gasteiger partial charge in [-0.1, -0.05) is 6.07 Å². The average Bonchev–Trinajstić information content (AvgIpc) is 2.41. The third-order valence-corrected chi connectivity index (χ3v) is 2.64. The fourth-order valence-electron chi connectivity index (χ4n) is 1.70. The second-order valence-electron chi connectivity index (χ2n) is 4.12. The summed E-state index contributed by atoms with van der Waals surface area (Å²) >= 11 is 0. The molecule has 1 aromatic carbocycles. The van der Waals surface area contributed by atoms with Gasteiger partial charge in [-0.25, -0.2) is 4.79 Å². The van der Waals surface area contributed by atoms with Crippen molar-refractivity contribution in [3.8, 4) is 0 Å². The van der Waals surface area contributed by atoms with Crippen molar-refractivity contribution in [2.45, 2.75) is 20.3 Å². The average molecular weight is 279 g/mol. The minimum Gasteiger partial charge on any atom is -0.462 e. The Bertz CT molecular complexity index is 475. The van der Waals surface area contributed by atoms with E-state index in [-0.39, 0.29) is 5.91 Å². The zero-order valence-corrected chi connectivity index (χ0v) is 11.9. The highest BCUT2D eigenvalue weighted by Crippen LogP contribution is 2.23. The zero-order valence-electron chi connectivity index (χ0n) is 11.9. The van der Waals surface area contributed by atoms with Gasteiger partial charge in [0.2, 0.25) is 5.91 Å². The van der Waals surface area contributed by atoms with E-state index in [9.17, 15) is 9.59 Å². The number of para-hydroxylation sites is 1. The summed E-state index contributed by atoms with van der Waals surface area (Å²) in [6.45, 7) is 4.96. The fourth-order valence-corrected chi connectivity index (χ4v) is 1.70. The van der Waals surface area contributed by atoms with E-state index in [2.05, 4.69) is 10.6 Å². The highest BCUT2D eigenvalue weighted by Gasteiger charge is 2.13. The van der Waals surface area contributed by atoms with E-state index in [0.717, 1.165) is 0 Å². The smallest absolute Gasteiger partial charge is 0.340 e. The number of ether oxygens (including phenoxy) is 1. The molecule has 0 aliphatic heterocycles. The lowest BCUT2D eigenvalue weighted by Crippen LogP contribution is -2.25. The number of hydrogen-bond acceptors (Lipinski definition) is 5. The topological polar surface area (TPSA) is 93.5 Å². The SMILES string of the molecule is CCNC(=O)CCNc1cccc(C(=O)OCC)c1N. The van der Waals surface area contributed by atoms with Gasteiger partial charge in [-0.3, -0.25) is 4.79 Å². The van der Waals surface area contributed by atoms with Crippen LogP contribution in [0.1, 0.15) is 30.6 Å². The van der Waals surface area contributed by atoms with Crippen LogP contribution in [0, 0.1) is 0 Å². The molecule has 1 aromatic rings. The van der Waals surface area contributed by atoms with Crippen LogP contribution in [0.25, 0.3) is 0 Å². The molecule has 0 unspecified atom stereocenters. The van der Waals surface area contributed by atoms with Crippen molar-refractivity contribution < 1.29 is 14.3 Å². The number of amides is 1. The molecule has 0 bridgehead atoms. The molecule has 0 aromatic heterocycles. The Kier molecular flexibility index (Phi) is 6.36. The molecule has 0 heterocycles. The second kappa shape index (κ2) is 8.04. The van der Waals surface area contributed by atoms with Crippen LogP contribution in [-0.2, 0) is 9.53 Å². The Labute approximate surface area is 118 Å². The summed E-state index contributed by atoms with van der Waals surface area (Å²) < 4.78 is 4.93. The van der Waals surface area contributed by atoms with E-state index in [0.29, 0.717) is 43.1 Å². The molecule has 20 heavy (non-hydrogen) atoms. The molecule has 0 radical (unpaired) electrons. The summed E-state index contributed by atoms with van der Waals surface area (Å²) in [6.07, 6.45) is 0.344. The monoisotopic (exact) mass is 279 g/mol. The van der Waals surface area contributed by atoms with E-state index < -0.39 is 5.97 Å². The molecule has 0 aliphatic rings. The first-order valence-corrected chi connectivity index (χ1v) is 6.66. The van der Waals surface area contributed by atoms with Crippen LogP contribution in [0.3, 0.4) is 0 Å². The summed E-state index contributed by atoms with van der Waals surface area (Å²) in [4.78, 5) is 23.0. The molecule has 110 valence electrons. The maximum Gasteiger partial charge on any atom is 0.340 e. The Hall–Kier alpha value is -2.24. The predicted molar refractivity (Wildman–Crippen MR) is 78.6 cm³/mol. The number of nitrogens with two attached hydrogens (primary N) is 1. The minimum absolute atomic E-state index is 0.0277. The van der Waals surface area contributed by atoms with Gasteiger partial charge >= 0.3 is 5.97 Å². The Morgan fingerprint density at radius 2 is 2.05 bits per heavy atom. The highest BCUT2D eigenvalue weighted by molar-refractivity contribution is 5.98. The number of carbonyl (C=O) groups excluding carboxylic acids is 2. The van der Waals surface area contributed by atoms with E-state index in [1.54, 1.807) is 25.1 Å². The fraction of sp³-hybridized carbons (Fsp3) is 0.429. The summed E-state index contributed by atoms with van der Waals surface area (Å²) in [5, 5.41) is 5.75. The van der Waals surface area contributed by atoms with Gasteiger partial charge in [-0.2, -0.15) is 0 Å². The van der Waals surface area contributed by atoms with Gasteiger partial charge in [0.05, 0.1) is 23.5 Å². The number of nitrogen functional groups attached to an aromatic ring is 1. The van der Waals surface area contributed by atoms with Gasteiger partial charge in [0.25, 0.3) is 0 Å². The van der Waals surface area contributed by atoms with E-state index in [1.807, 2.05) is 6.92 Å². The van der Waals surface area contributed by atoms with Crippen LogP contribution in [0.5, 0.6) is 0 Å². The standard InChI is InChI=1S/C14H21N3O3/c1-3-16-12(18)8-9-17-11-7-5-6-10(13(11)15)14(19)20-4-2/h5-7,17H,3-4,8-9,15H2,1-2H3,(H,16,18). The van der Waals surface area contributed by atoms with Gasteiger partial charge in [0.1, 0.15) is 0 Å². The van der Waals surface area contributed by atoms with Crippen LogP contribution in [0.4, 0.5) is 11.4 Å². The molecule has 0 spiro atoms. The first-order chi connectivity index (χ1) is 9.60. The van der Waals surface area contributed by atoms with Gasteiger partial charge < -0.3 is 21.1 Å². The molecule has 0 atom stereocenters. The molecule has 1 rings (SSSR count). The number of nitrogens with one attached hydrogen (secondary N) is 2. The number of rotatable bonds is 7. The quantitative estimate of drug-likeness (QED) is 0.518. The van der Waals surface area contributed by atoms with Crippen LogP contribution in [-0.4, -0.2) is 31.6 Å². The Morgan fingerprint density at radius 1 is 1.30 bits per heavy atom. The largest absolute Gasteiger partial charge is 0.462 e. The van der Waals surface area contributed by atoms with Gasteiger partial charge in [0.15, 0.2) is 0 Å². The van der Waals surface area contributed by atoms with Crippen molar-refractivity contribution in [3.05, 3.63) is 23.8 Å². The summed E-state index contributed by atoms with van der Waals surface area (Å²) in [7, 11) is 0. The molecular weight excluding hydrogens is 258 g/mol. The maximum absolute atomic E-state index is 11.7. The van der Waals surface area contributed by atoms with Crippen molar-refractivity contribution in [2.24, 2.45) is 0 Å². The van der Waals surface area contributed by atoms with Crippen LogP contribution in [0.15, 0.2) is 18.2 Å². The number of esters is 1. The molecule has 0 saturated carbocycles. The van der Waals surface area contributed by atoms with Gasteiger partial charge in [0, 0.05) is 19.5 Å². The third kappa shape index (κ3) is 4.46. The van der Waals surface area contributed by atoms with Crippen molar-refractivity contribution in [3.63, 3.8) is 0 Å². The summed E-state index contributed by atoms with van der Waals surface area (Å²) in [5.41, 5.74) is 7.21. The number of hydrogen-bond donors (Lipinski definition) is 3. The minimum atomic E-state index is -0.447. The van der Waals surface area contributed by atoms with E-state index in [4.69, 9.17) is 10.5 Å². The third-order valence-electron chi connectivity index (χ3n) is 2.64. The summed E-state index contributed by atoms with van der Waals surface area (Å²) in [6, 6.07) is 5.09. The molecule has 4 N–H and O–H groups in total. The van der Waals surface area contributed by atoms with Crippen molar-refractivity contribution in [1.82, 2.24) is 5.32 Å². The highest BCUT2D eigenvalue weighted by atomic mass is 16.5. The Morgan fingerprint density at radius 3 is 2.70 bits per heavy atom.